The molecule has 0 aliphatic carbocycles. The summed E-state index contributed by atoms with van der Waals surface area (Å²) in [5, 5.41) is 8.88. The third-order valence-electron chi connectivity index (χ3n) is 4.20. The lowest BCUT2D eigenvalue weighted by atomic mass is 10.0. The molecule has 0 radical (unpaired) electrons. The van der Waals surface area contributed by atoms with Crippen molar-refractivity contribution in [2.75, 3.05) is 19.6 Å². The van der Waals surface area contributed by atoms with E-state index in [-0.39, 0.29) is 4.90 Å². The van der Waals surface area contributed by atoms with E-state index < -0.39 is 10.0 Å². The van der Waals surface area contributed by atoms with Crippen LogP contribution in [0.4, 0.5) is 0 Å². The van der Waals surface area contributed by atoms with Crippen molar-refractivity contribution >= 4 is 10.0 Å². The van der Waals surface area contributed by atoms with Gasteiger partial charge >= 0.3 is 0 Å². The lowest BCUT2D eigenvalue weighted by molar-refractivity contribution is 0.258. The highest BCUT2D eigenvalue weighted by molar-refractivity contribution is 7.89. The molecule has 2 aromatic rings. The average Bonchev–Trinajstić information content (AvgIpc) is 2.61. The fourth-order valence-electron chi connectivity index (χ4n) is 2.90. The minimum Gasteiger partial charge on any atom is -0.297 e. The smallest absolute Gasteiger partial charge is 0.240 e. The van der Waals surface area contributed by atoms with Gasteiger partial charge in [-0.2, -0.15) is 5.26 Å². The Bertz CT molecular complexity index is 872. The van der Waals surface area contributed by atoms with Crippen molar-refractivity contribution < 1.29 is 8.42 Å². The van der Waals surface area contributed by atoms with Crippen LogP contribution in [0.2, 0.25) is 0 Å². The molecule has 1 N–H and O–H groups in total. The number of nitriles is 1. The largest absolute Gasteiger partial charge is 0.297 e. The van der Waals surface area contributed by atoms with Crippen LogP contribution in [-0.4, -0.2) is 33.0 Å². The van der Waals surface area contributed by atoms with Gasteiger partial charge in [-0.1, -0.05) is 30.3 Å². The second kappa shape index (κ2) is 7.14. The molecular formula is C18H19N3O2S. The number of rotatable bonds is 5. The molecule has 0 aromatic heterocycles. The molecule has 2 aromatic carbocycles. The van der Waals surface area contributed by atoms with Gasteiger partial charge in [0.15, 0.2) is 0 Å². The molecule has 24 heavy (non-hydrogen) atoms. The average molecular weight is 341 g/mol. The van der Waals surface area contributed by atoms with Gasteiger partial charge in [0.2, 0.25) is 10.0 Å². The summed E-state index contributed by atoms with van der Waals surface area (Å²) in [6, 6.07) is 16.4. The maximum absolute atomic E-state index is 12.3. The molecule has 1 aliphatic rings. The number of benzene rings is 2. The molecule has 1 aliphatic heterocycles. The summed E-state index contributed by atoms with van der Waals surface area (Å²) in [7, 11) is -3.58. The predicted octanol–water partition coefficient (Wildman–Crippen LogP) is 1.89. The summed E-state index contributed by atoms with van der Waals surface area (Å²) in [6.07, 6.45) is 0.993. The second-order valence-electron chi connectivity index (χ2n) is 5.83. The summed E-state index contributed by atoms with van der Waals surface area (Å²) in [6.45, 7) is 2.79. The van der Waals surface area contributed by atoms with Gasteiger partial charge in [0.05, 0.1) is 16.5 Å². The summed E-state index contributed by atoms with van der Waals surface area (Å²) in [5.41, 5.74) is 3.03. The first-order valence-electron chi connectivity index (χ1n) is 7.87. The number of hydrogen-bond acceptors (Lipinski definition) is 4. The van der Waals surface area contributed by atoms with Crippen LogP contribution in [0.5, 0.6) is 0 Å². The van der Waals surface area contributed by atoms with Crippen LogP contribution >= 0.6 is 0 Å². The molecule has 124 valence electrons. The molecule has 0 amide bonds. The zero-order valence-electron chi connectivity index (χ0n) is 13.3. The summed E-state index contributed by atoms with van der Waals surface area (Å²) in [4.78, 5) is 2.38. The van der Waals surface area contributed by atoms with Crippen LogP contribution in [0.1, 0.15) is 16.7 Å². The summed E-state index contributed by atoms with van der Waals surface area (Å²) >= 11 is 0. The van der Waals surface area contributed by atoms with Crippen LogP contribution in [0.25, 0.3) is 0 Å². The summed E-state index contributed by atoms with van der Waals surface area (Å²) < 4.78 is 27.2. The number of nitrogens with one attached hydrogen (secondary N) is 1. The third kappa shape index (κ3) is 3.82. The van der Waals surface area contributed by atoms with E-state index in [1.165, 1.54) is 23.3 Å². The SMILES string of the molecule is N#Cc1cccc(S(=O)(=O)NCCN2CCc3ccccc3C2)c1. The molecule has 0 atom stereocenters. The van der Waals surface area contributed by atoms with Crippen LogP contribution < -0.4 is 4.72 Å². The minimum atomic E-state index is -3.58. The van der Waals surface area contributed by atoms with Crippen LogP contribution in [0.15, 0.2) is 53.4 Å². The quantitative estimate of drug-likeness (QED) is 0.901. The Kier molecular flexibility index (Phi) is 4.95. The van der Waals surface area contributed by atoms with Crippen molar-refractivity contribution in [1.29, 1.82) is 5.26 Å². The molecule has 1 heterocycles. The van der Waals surface area contributed by atoms with Gasteiger partial charge in [0.25, 0.3) is 0 Å². The van der Waals surface area contributed by atoms with Crippen molar-refractivity contribution in [3.05, 3.63) is 65.2 Å². The number of sulfonamides is 1. The Morgan fingerprint density at radius 2 is 1.92 bits per heavy atom. The van der Waals surface area contributed by atoms with Crippen LogP contribution in [0.3, 0.4) is 0 Å². The lowest BCUT2D eigenvalue weighted by Crippen LogP contribution is -2.37. The van der Waals surface area contributed by atoms with E-state index in [1.807, 2.05) is 12.1 Å². The van der Waals surface area contributed by atoms with Gasteiger partial charge in [0.1, 0.15) is 0 Å². The molecule has 0 spiro atoms. The van der Waals surface area contributed by atoms with Crippen molar-refractivity contribution in [3.63, 3.8) is 0 Å². The van der Waals surface area contributed by atoms with E-state index in [2.05, 4.69) is 27.8 Å². The molecule has 0 unspecified atom stereocenters. The van der Waals surface area contributed by atoms with Gasteiger partial charge in [-0.15, -0.1) is 0 Å². The third-order valence-corrected chi connectivity index (χ3v) is 5.66. The predicted molar refractivity (Wildman–Crippen MR) is 91.8 cm³/mol. The highest BCUT2D eigenvalue weighted by atomic mass is 32.2. The van der Waals surface area contributed by atoms with Gasteiger partial charge in [-0.25, -0.2) is 13.1 Å². The van der Waals surface area contributed by atoms with E-state index in [0.717, 1.165) is 19.5 Å². The Morgan fingerprint density at radius 1 is 1.12 bits per heavy atom. The Balaban J connectivity index is 1.57. The highest BCUT2D eigenvalue weighted by Gasteiger charge is 2.17. The van der Waals surface area contributed by atoms with E-state index in [4.69, 9.17) is 5.26 Å². The monoisotopic (exact) mass is 341 g/mol. The Labute approximate surface area is 142 Å². The zero-order chi connectivity index (χ0) is 17.0. The maximum Gasteiger partial charge on any atom is 0.240 e. The van der Waals surface area contributed by atoms with Crippen molar-refractivity contribution in [3.8, 4) is 6.07 Å². The zero-order valence-corrected chi connectivity index (χ0v) is 14.1. The van der Waals surface area contributed by atoms with E-state index in [9.17, 15) is 8.42 Å². The van der Waals surface area contributed by atoms with Crippen molar-refractivity contribution in [2.45, 2.75) is 17.9 Å². The molecule has 3 rings (SSSR count). The fraction of sp³-hybridized carbons (Fsp3) is 0.278. The van der Waals surface area contributed by atoms with Crippen LogP contribution in [-0.2, 0) is 23.0 Å². The first kappa shape index (κ1) is 16.7. The number of hydrogen-bond donors (Lipinski definition) is 1. The fourth-order valence-corrected chi connectivity index (χ4v) is 3.97. The minimum absolute atomic E-state index is 0.130. The standard InChI is InChI=1S/C18H19N3O2S/c19-13-15-4-3-7-18(12-15)24(22,23)20-9-11-21-10-8-16-5-1-2-6-17(16)14-21/h1-7,12,20H,8-11,14H2. The molecule has 0 fully saturated rings. The van der Waals surface area contributed by atoms with Gasteiger partial charge < -0.3 is 0 Å². The van der Waals surface area contributed by atoms with E-state index >= 15 is 0 Å². The molecule has 6 heteroatoms. The topological polar surface area (TPSA) is 73.2 Å². The number of fused-ring (bicyclic) bond motifs is 1. The highest BCUT2D eigenvalue weighted by Crippen LogP contribution is 2.18. The van der Waals surface area contributed by atoms with Crippen LogP contribution in [0, 0.1) is 11.3 Å². The second-order valence-corrected chi connectivity index (χ2v) is 7.60. The lowest BCUT2D eigenvalue weighted by Gasteiger charge is -2.28. The van der Waals surface area contributed by atoms with E-state index in [1.54, 1.807) is 12.1 Å². The first-order valence-corrected chi connectivity index (χ1v) is 9.36. The molecular weight excluding hydrogens is 322 g/mol. The van der Waals surface area contributed by atoms with Gasteiger partial charge in [0, 0.05) is 26.2 Å². The van der Waals surface area contributed by atoms with Gasteiger partial charge in [-0.3, -0.25) is 4.90 Å². The number of nitrogens with zero attached hydrogens (tertiary/aromatic N) is 2. The summed E-state index contributed by atoms with van der Waals surface area (Å²) in [5.74, 6) is 0. The molecule has 0 saturated carbocycles. The van der Waals surface area contributed by atoms with Gasteiger partial charge in [-0.05, 0) is 35.7 Å². The molecule has 0 bridgehead atoms. The Morgan fingerprint density at radius 3 is 2.71 bits per heavy atom. The first-order chi connectivity index (χ1) is 11.6. The maximum atomic E-state index is 12.3. The van der Waals surface area contributed by atoms with Crippen molar-refractivity contribution in [2.24, 2.45) is 0 Å². The van der Waals surface area contributed by atoms with Crippen molar-refractivity contribution in [1.82, 2.24) is 9.62 Å². The van der Waals surface area contributed by atoms with E-state index in [0.29, 0.717) is 18.7 Å². The molecule has 5 nitrogen and oxygen atoms in total. The molecule has 0 saturated heterocycles. The normalized spacial score (nSPS) is 14.8. The Hall–Kier alpha value is -2.20.